The first kappa shape index (κ1) is 16.4. The van der Waals surface area contributed by atoms with E-state index in [9.17, 15) is 9.59 Å². The lowest BCUT2D eigenvalue weighted by Crippen LogP contribution is -2.44. The number of nitriles is 1. The molecule has 0 radical (unpaired) electrons. The van der Waals surface area contributed by atoms with E-state index in [4.69, 9.17) is 5.26 Å². The van der Waals surface area contributed by atoms with Gasteiger partial charge in [0.15, 0.2) is 0 Å². The van der Waals surface area contributed by atoms with Crippen molar-refractivity contribution in [3.63, 3.8) is 0 Å². The van der Waals surface area contributed by atoms with Gasteiger partial charge < -0.3 is 9.13 Å². The largest absolute Gasteiger partial charge is 0.316 e. The van der Waals surface area contributed by atoms with Crippen molar-refractivity contribution in [3.8, 4) is 16.6 Å². The fourth-order valence-electron chi connectivity index (χ4n) is 3.01. The molecule has 0 saturated heterocycles. The van der Waals surface area contributed by atoms with Crippen LogP contribution in [0.5, 0.6) is 0 Å². The third-order valence-corrected chi connectivity index (χ3v) is 5.52. The Morgan fingerprint density at radius 2 is 1.88 bits per heavy atom. The van der Waals surface area contributed by atoms with Gasteiger partial charge in [-0.25, -0.2) is 0 Å². The maximum absolute atomic E-state index is 12.4. The minimum absolute atomic E-state index is 0.0212. The summed E-state index contributed by atoms with van der Waals surface area (Å²) in [5.74, 6) is -0.0212. The average Bonchev–Trinajstić information content (AvgIpc) is 3.09. The van der Waals surface area contributed by atoms with Crippen molar-refractivity contribution in [2.45, 2.75) is 25.4 Å². The summed E-state index contributed by atoms with van der Waals surface area (Å²) < 4.78 is 2.80. The van der Waals surface area contributed by atoms with Crippen LogP contribution in [0.15, 0.2) is 52.3 Å². The summed E-state index contributed by atoms with van der Waals surface area (Å²) in [6, 6.07) is 11.8. The molecule has 26 heavy (non-hydrogen) atoms. The molecule has 0 unspecified atom stereocenters. The Labute approximate surface area is 152 Å². The highest BCUT2D eigenvalue weighted by atomic mass is 32.1. The summed E-state index contributed by atoms with van der Waals surface area (Å²) in [4.78, 5) is 24.7. The van der Waals surface area contributed by atoms with Crippen molar-refractivity contribution < 1.29 is 0 Å². The molecule has 130 valence electrons. The maximum Gasteiger partial charge on any atom is 0.316 e. The number of hydrogen-bond acceptors (Lipinski definition) is 6. The molecule has 0 bridgehead atoms. The fourth-order valence-corrected chi connectivity index (χ4v) is 3.86. The molecule has 0 atom stereocenters. The van der Waals surface area contributed by atoms with Gasteiger partial charge in [0.2, 0.25) is 0 Å². The van der Waals surface area contributed by atoms with Crippen LogP contribution in [0, 0.1) is 17.2 Å². The third-order valence-electron chi connectivity index (χ3n) is 4.57. The zero-order valence-electron chi connectivity index (χ0n) is 13.8. The molecule has 0 spiro atoms. The van der Waals surface area contributed by atoms with Gasteiger partial charge in [-0.15, -0.1) is 10.2 Å². The SMILES string of the molecule is N#CC1CC(n2ccn(Cc3nnc(-c4ccccc4)s3)c(=O)c2=O)C1. The van der Waals surface area contributed by atoms with E-state index in [0.717, 1.165) is 10.6 Å². The smallest absolute Gasteiger partial charge is 0.306 e. The molecule has 1 saturated carbocycles. The highest BCUT2D eigenvalue weighted by molar-refractivity contribution is 7.14. The van der Waals surface area contributed by atoms with E-state index in [1.165, 1.54) is 20.5 Å². The number of hydrogen-bond donors (Lipinski definition) is 0. The molecule has 1 aliphatic carbocycles. The van der Waals surface area contributed by atoms with Crippen LogP contribution in [-0.2, 0) is 6.54 Å². The molecule has 8 heteroatoms. The molecule has 1 fully saturated rings. The number of aromatic nitrogens is 4. The maximum atomic E-state index is 12.4. The van der Waals surface area contributed by atoms with E-state index in [1.807, 2.05) is 30.3 Å². The van der Waals surface area contributed by atoms with Crippen LogP contribution in [0.4, 0.5) is 0 Å². The second-order valence-electron chi connectivity index (χ2n) is 6.26. The Hall–Kier alpha value is -3.05. The Balaban J connectivity index is 1.55. The van der Waals surface area contributed by atoms with Crippen LogP contribution >= 0.6 is 11.3 Å². The van der Waals surface area contributed by atoms with Crippen LogP contribution < -0.4 is 11.1 Å². The van der Waals surface area contributed by atoms with Crippen molar-refractivity contribution in [1.29, 1.82) is 5.26 Å². The lowest BCUT2D eigenvalue weighted by molar-refractivity contribution is 0.240. The molecule has 2 heterocycles. The van der Waals surface area contributed by atoms with Crippen LogP contribution in [0.3, 0.4) is 0 Å². The Morgan fingerprint density at radius 3 is 2.62 bits per heavy atom. The van der Waals surface area contributed by atoms with Gasteiger partial charge in [-0.3, -0.25) is 9.59 Å². The van der Waals surface area contributed by atoms with E-state index >= 15 is 0 Å². The van der Waals surface area contributed by atoms with Gasteiger partial charge in [0, 0.05) is 24.0 Å². The molecular weight excluding hydrogens is 350 g/mol. The molecular formula is C18H15N5O2S. The molecule has 1 aromatic carbocycles. The molecule has 3 aromatic rings. The Morgan fingerprint density at radius 1 is 1.12 bits per heavy atom. The van der Waals surface area contributed by atoms with Gasteiger partial charge in [0.05, 0.1) is 18.5 Å². The van der Waals surface area contributed by atoms with Crippen molar-refractivity contribution in [1.82, 2.24) is 19.3 Å². The first-order valence-electron chi connectivity index (χ1n) is 8.24. The zero-order valence-corrected chi connectivity index (χ0v) is 14.6. The monoisotopic (exact) mass is 365 g/mol. The quantitative estimate of drug-likeness (QED) is 0.660. The van der Waals surface area contributed by atoms with Crippen LogP contribution in [0.1, 0.15) is 23.9 Å². The van der Waals surface area contributed by atoms with Gasteiger partial charge >= 0.3 is 11.1 Å². The molecule has 0 aliphatic heterocycles. The van der Waals surface area contributed by atoms with E-state index in [1.54, 1.807) is 12.4 Å². The van der Waals surface area contributed by atoms with Crippen molar-refractivity contribution in [3.05, 3.63) is 68.4 Å². The van der Waals surface area contributed by atoms with Crippen molar-refractivity contribution in [2.75, 3.05) is 0 Å². The zero-order chi connectivity index (χ0) is 18.1. The summed E-state index contributed by atoms with van der Waals surface area (Å²) in [5.41, 5.74) is -0.165. The van der Waals surface area contributed by atoms with E-state index in [2.05, 4.69) is 16.3 Å². The van der Waals surface area contributed by atoms with E-state index in [0.29, 0.717) is 17.8 Å². The number of nitrogens with zero attached hydrogens (tertiary/aromatic N) is 5. The lowest BCUT2D eigenvalue weighted by atomic mass is 9.81. The number of benzene rings is 1. The summed E-state index contributed by atoms with van der Waals surface area (Å²) in [6.45, 7) is 0.213. The minimum atomic E-state index is -0.579. The number of rotatable bonds is 4. The summed E-state index contributed by atoms with van der Waals surface area (Å²) in [6.07, 6.45) is 4.47. The normalized spacial score (nSPS) is 18.9. The Kier molecular flexibility index (Phi) is 4.22. The highest BCUT2D eigenvalue weighted by Crippen LogP contribution is 2.35. The Bertz CT molecular complexity index is 1090. The molecule has 2 aromatic heterocycles. The molecule has 7 nitrogen and oxygen atoms in total. The lowest BCUT2D eigenvalue weighted by Gasteiger charge is -2.31. The van der Waals surface area contributed by atoms with Crippen LogP contribution in [-0.4, -0.2) is 19.3 Å². The molecule has 0 N–H and O–H groups in total. The van der Waals surface area contributed by atoms with Crippen LogP contribution in [0.25, 0.3) is 10.6 Å². The first-order valence-corrected chi connectivity index (χ1v) is 9.06. The van der Waals surface area contributed by atoms with Gasteiger partial charge in [-0.1, -0.05) is 41.7 Å². The molecule has 0 amide bonds. The van der Waals surface area contributed by atoms with Crippen molar-refractivity contribution >= 4 is 11.3 Å². The van der Waals surface area contributed by atoms with Crippen LogP contribution in [0.2, 0.25) is 0 Å². The van der Waals surface area contributed by atoms with Gasteiger partial charge in [0.25, 0.3) is 0 Å². The molecule has 1 aliphatic rings. The summed E-state index contributed by atoms with van der Waals surface area (Å²) in [7, 11) is 0. The predicted molar refractivity (Wildman–Crippen MR) is 96.8 cm³/mol. The standard InChI is InChI=1S/C18H15N5O2S/c19-10-12-8-14(9-12)23-7-6-22(17(24)18(23)25)11-15-20-21-16(26-15)13-4-2-1-3-5-13/h1-7,12,14H,8-9,11H2. The van der Waals surface area contributed by atoms with E-state index in [-0.39, 0.29) is 18.5 Å². The third kappa shape index (κ3) is 2.97. The predicted octanol–water partition coefficient (Wildman–Crippen LogP) is 2.05. The summed E-state index contributed by atoms with van der Waals surface area (Å²) >= 11 is 1.40. The van der Waals surface area contributed by atoms with Gasteiger partial charge in [-0.2, -0.15) is 5.26 Å². The minimum Gasteiger partial charge on any atom is -0.306 e. The molecule has 4 rings (SSSR count). The van der Waals surface area contributed by atoms with E-state index < -0.39 is 11.1 Å². The summed E-state index contributed by atoms with van der Waals surface area (Å²) in [5, 5.41) is 18.6. The highest BCUT2D eigenvalue weighted by Gasteiger charge is 2.31. The topological polar surface area (TPSA) is 93.6 Å². The van der Waals surface area contributed by atoms with Crippen molar-refractivity contribution in [2.24, 2.45) is 5.92 Å². The fraction of sp³-hybridized carbons (Fsp3) is 0.278. The second kappa shape index (κ2) is 6.69. The van der Waals surface area contributed by atoms with Gasteiger partial charge in [0.1, 0.15) is 10.0 Å². The van der Waals surface area contributed by atoms with Gasteiger partial charge in [-0.05, 0) is 12.8 Å². The average molecular weight is 365 g/mol. The second-order valence-corrected chi connectivity index (χ2v) is 7.32. The first-order chi connectivity index (χ1) is 12.7.